The molecule has 0 unspecified atom stereocenters. The van der Waals surface area contributed by atoms with Gasteiger partial charge in [0.15, 0.2) is 0 Å². The number of rotatable bonds is 5. The minimum Gasteiger partial charge on any atom is -0.497 e. The van der Waals surface area contributed by atoms with E-state index in [2.05, 4.69) is 5.32 Å². The molecule has 7 heteroatoms. The lowest BCUT2D eigenvalue weighted by Gasteiger charge is -2.12. The molecule has 3 amide bonds. The van der Waals surface area contributed by atoms with Gasteiger partial charge in [-0.3, -0.25) is 9.69 Å². The Bertz CT molecular complexity index is 895. The lowest BCUT2D eigenvalue weighted by Crippen LogP contribution is -2.30. The summed E-state index contributed by atoms with van der Waals surface area (Å²) >= 11 is 0. The van der Waals surface area contributed by atoms with Gasteiger partial charge >= 0.3 is 6.03 Å². The molecule has 0 bridgehead atoms. The molecular weight excluding hydrogens is 339 g/mol. The van der Waals surface area contributed by atoms with Gasteiger partial charge in [0.2, 0.25) is 0 Å². The molecule has 0 atom stereocenters. The number of ether oxygens (including phenoxy) is 2. The first-order valence-electron chi connectivity index (χ1n) is 7.83. The molecule has 0 radical (unpaired) electrons. The molecule has 1 aliphatic heterocycles. The molecule has 1 heterocycles. The van der Waals surface area contributed by atoms with Crippen LogP contribution in [0, 0.1) is 5.82 Å². The van der Waals surface area contributed by atoms with Gasteiger partial charge in [0.05, 0.1) is 20.8 Å². The first kappa shape index (κ1) is 17.5. The van der Waals surface area contributed by atoms with Crippen molar-refractivity contribution >= 4 is 18.0 Å². The third-order valence-corrected chi connectivity index (χ3v) is 3.99. The highest BCUT2D eigenvalue weighted by Gasteiger charge is 2.34. The van der Waals surface area contributed by atoms with Crippen LogP contribution in [0.4, 0.5) is 9.18 Å². The number of hydrogen-bond donors (Lipinski definition) is 1. The number of urea groups is 1. The number of halogens is 1. The Morgan fingerprint density at radius 1 is 1.12 bits per heavy atom. The molecule has 0 saturated carbocycles. The lowest BCUT2D eigenvalue weighted by molar-refractivity contribution is -0.123. The fourth-order valence-corrected chi connectivity index (χ4v) is 2.62. The van der Waals surface area contributed by atoms with Gasteiger partial charge in [-0.15, -0.1) is 0 Å². The van der Waals surface area contributed by atoms with Crippen LogP contribution >= 0.6 is 0 Å². The van der Waals surface area contributed by atoms with Crippen molar-refractivity contribution in [3.8, 4) is 11.5 Å². The van der Waals surface area contributed by atoms with Crippen LogP contribution in [0.2, 0.25) is 0 Å². The highest BCUT2D eigenvalue weighted by molar-refractivity contribution is 6.14. The van der Waals surface area contributed by atoms with Crippen molar-refractivity contribution < 1.29 is 23.5 Å². The van der Waals surface area contributed by atoms with Crippen molar-refractivity contribution in [2.75, 3.05) is 14.2 Å². The Balaban J connectivity index is 1.89. The molecule has 2 aromatic rings. The standard InChI is InChI=1S/C19H17FN2O4/c1-25-14-7-8-17(26-2)13(9-14)10-16-18(23)22(19(24)21-16)11-12-5-3-4-6-15(12)20/h3-10H,11H2,1-2H3,(H,21,24). The van der Waals surface area contributed by atoms with Crippen LogP contribution in [0.15, 0.2) is 48.2 Å². The van der Waals surface area contributed by atoms with Crippen LogP contribution < -0.4 is 14.8 Å². The Kier molecular flexibility index (Phi) is 4.88. The predicted octanol–water partition coefficient (Wildman–Crippen LogP) is 2.94. The number of benzene rings is 2. The van der Waals surface area contributed by atoms with E-state index in [1.54, 1.807) is 30.3 Å². The van der Waals surface area contributed by atoms with Crippen molar-refractivity contribution in [3.05, 3.63) is 65.1 Å². The van der Waals surface area contributed by atoms with E-state index in [1.165, 1.54) is 32.4 Å². The molecule has 3 rings (SSSR count). The minimum absolute atomic E-state index is 0.0814. The van der Waals surface area contributed by atoms with Gasteiger partial charge < -0.3 is 14.8 Å². The molecule has 1 saturated heterocycles. The van der Waals surface area contributed by atoms with Gasteiger partial charge in [-0.2, -0.15) is 0 Å². The van der Waals surface area contributed by atoms with E-state index < -0.39 is 17.8 Å². The van der Waals surface area contributed by atoms with Gasteiger partial charge in [-0.25, -0.2) is 9.18 Å². The minimum atomic E-state index is -0.605. The quantitative estimate of drug-likeness (QED) is 0.661. The van der Waals surface area contributed by atoms with Crippen molar-refractivity contribution in [3.63, 3.8) is 0 Å². The fourth-order valence-electron chi connectivity index (χ4n) is 2.62. The molecule has 1 N–H and O–H groups in total. The van der Waals surface area contributed by atoms with Gasteiger partial charge in [0.25, 0.3) is 5.91 Å². The lowest BCUT2D eigenvalue weighted by atomic mass is 10.1. The van der Waals surface area contributed by atoms with E-state index in [0.29, 0.717) is 17.1 Å². The Labute approximate surface area is 149 Å². The zero-order valence-electron chi connectivity index (χ0n) is 14.3. The van der Waals surface area contributed by atoms with Gasteiger partial charge in [-0.05, 0) is 30.3 Å². The topological polar surface area (TPSA) is 67.9 Å². The third-order valence-electron chi connectivity index (χ3n) is 3.99. The number of nitrogens with zero attached hydrogens (tertiary/aromatic N) is 1. The van der Waals surface area contributed by atoms with Crippen molar-refractivity contribution in [2.45, 2.75) is 6.54 Å². The molecular formula is C19H17FN2O4. The SMILES string of the molecule is COc1ccc(OC)c(C=C2NC(=O)N(Cc3ccccc3F)C2=O)c1. The number of nitrogens with one attached hydrogen (secondary N) is 1. The molecule has 0 aromatic heterocycles. The van der Waals surface area contributed by atoms with Crippen molar-refractivity contribution in [1.29, 1.82) is 0 Å². The maximum atomic E-state index is 13.8. The van der Waals surface area contributed by atoms with Crippen LogP contribution in [-0.2, 0) is 11.3 Å². The van der Waals surface area contributed by atoms with Gasteiger partial charge in [0, 0.05) is 11.1 Å². The highest BCUT2D eigenvalue weighted by atomic mass is 19.1. The maximum Gasteiger partial charge on any atom is 0.329 e. The summed E-state index contributed by atoms with van der Waals surface area (Å²) in [7, 11) is 3.03. The Morgan fingerprint density at radius 2 is 1.88 bits per heavy atom. The van der Waals surface area contributed by atoms with Crippen LogP contribution in [0.1, 0.15) is 11.1 Å². The van der Waals surface area contributed by atoms with Crippen molar-refractivity contribution in [1.82, 2.24) is 10.2 Å². The fraction of sp³-hybridized carbons (Fsp3) is 0.158. The monoisotopic (exact) mass is 356 g/mol. The summed E-state index contributed by atoms with van der Waals surface area (Å²) in [5.74, 6) is 0.0914. The number of amides is 3. The van der Waals surface area contributed by atoms with E-state index in [1.807, 2.05) is 0 Å². The van der Waals surface area contributed by atoms with Gasteiger partial charge in [-0.1, -0.05) is 18.2 Å². The second kappa shape index (κ2) is 7.26. The second-order valence-electron chi connectivity index (χ2n) is 5.58. The molecule has 1 fully saturated rings. The van der Waals surface area contributed by atoms with Gasteiger partial charge in [0.1, 0.15) is 23.0 Å². The Morgan fingerprint density at radius 3 is 2.58 bits per heavy atom. The molecule has 1 aliphatic rings. The third kappa shape index (κ3) is 3.37. The largest absolute Gasteiger partial charge is 0.497 e. The molecule has 134 valence electrons. The molecule has 2 aromatic carbocycles. The summed E-state index contributed by atoms with van der Waals surface area (Å²) in [6.07, 6.45) is 1.50. The van der Waals surface area contributed by atoms with Crippen LogP contribution in [-0.4, -0.2) is 31.1 Å². The molecule has 26 heavy (non-hydrogen) atoms. The molecule has 6 nitrogen and oxygen atoms in total. The van der Waals surface area contributed by atoms with E-state index in [-0.39, 0.29) is 17.8 Å². The van der Waals surface area contributed by atoms with Crippen LogP contribution in [0.3, 0.4) is 0 Å². The smallest absolute Gasteiger partial charge is 0.329 e. The predicted molar refractivity (Wildman–Crippen MR) is 93.0 cm³/mol. The molecule has 0 aliphatic carbocycles. The average molecular weight is 356 g/mol. The first-order chi connectivity index (χ1) is 12.5. The average Bonchev–Trinajstić information content (AvgIpc) is 2.90. The number of carbonyl (C=O) groups excluding carboxylic acids is 2. The second-order valence-corrected chi connectivity index (χ2v) is 5.58. The Hall–Kier alpha value is -3.35. The van der Waals surface area contributed by atoms with E-state index in [4.69, 9.17) is 9.47 Å². The summed E-state index contributed by atoms with van der Waals surface area (Å²) < 4.78 is 24.2. The summed E-state index contributed by atoms with van der Waals surface area (Å²) in [6.45, 7) is -0.149. The van der Waals surface area contributed by atoms with Crippen LogP contribution in [0.5, 0.6) is 11.5 Å². The summed E-state index contributed by atoms with van der Waals surface area (Å²) in [6, 6.07) is 10.5. The zero-order chi connectivity index (χ0) is 18.7. The number of imide groups is 1. The zero-order valence-corrected chi connectivity index (χ0v) is 14.3. The van der Waals surface area contributed by atoms with E-state index >= 15 is 0 Å². The number of methoxy groups -OCH3 is 2. The van der Waals surface area contributed by atoms with Crippen molar-refractivity contribution in [2.24, 2.45) is 0 Å². The first-order valence-corrected chi connectivity index (χ1v) is 7.83. The number of hydrogen-bond acceptors (Lipinski definition) is 4. The highest BCUT2D eigenvalue weighted by Crippen LogP contribution is 2.27. The normalized spacial score (nSPS) is 15.3. The van der Waals surface area contributed by atoms with Crippen LogP contribution in [0.25, 0.3) is 6.08 Å². The number of carbonyl (C=O) groups is 2. The molecule has 0 spiro atoms. The van der Waals surface area contributed by atoms with E-state index in [0.717, 1.165) is 4.90 Å². The summed E-state index contributed by atoms with van der Waals surface area (Å²) in [5.41, 5.74) is 0.914. The maximum absolute atomic E-state index is 13.8. The van der Waals surface area contributed by atoms with E-state index in [9.17, 15) is 14.0 Å². The summed E-state index contributed by atoms with van der Waals surface area (Å²) in [4.78, 5) is 25.7. The summed E-state index contributed by atoms with van der Waals surface area (Å²) in [5, 5.41) is 2.51.